The normalized spacial score (nSPS) is 12.6. The Morgan fingerprint density at radius 1 is 1.17 bits per heavy atom. The van der Waals surface area contributed by atoms with Crippen LogP contribution in [0.2, 0.25) is 0 Å². The zero-order valence-electron chi connectivity index (χ0n) is 16.7. The van der Waals surface area contributed by atoms with Crippen LogP contribution in [0.4, 0.5) is 13.2 Å². The highest BCUT2D eigenvalue weighted by Crippen LogP contribution is 2.29. The molecule has 2 N–H and O–H groups in total. The van der Waals surface area contributed by atoms with Crippen molar-refractivity contribution < 1.29 is 21.6 Å². The molecule has 0 unspecified atom stereocenters. The summed E-state index contributed by atoms with van der Waals surface area (Å²) < 4.78 is 64.2. The van der Waals surface area contributed by atoms with Crippen LogP contribution in [0.1, 0.15) is 22.9 Å². The average molecular weight is 576 g/mol. The molecule has 0 aliphatic carbocycles. The van der Waals surface area contributed by atoms with E-state index in [1.807, 2.05) is 6.92 Å². The number of benzene rings is 1. The highest BCUT2D eigenvalue weighted by Gasteiger charge is 2.30. The van der Waals surface area contributed by atoms with E-state index in [1.165, 1.54) is 20.2 Å². The van der Waals surface area contributed by atoms with Gasteiger partial charge in [-0.3, -0.25) is 0 Å². The lowest BCUT2D eigenvalue weighted by atomic mass is 10.1. The predicted molar refractivity (Wildman–Crippen MR) is 124 cm³/mol. The second kappa shape index (κ2) is 11.3. The Bertz CT molecular complexity index is 960. The molecule has 2 aromatic rings. The topological polar surface area (TPSA) is 73.8 Å². The fraction of sp³-hybridized carbons (Fsp3) is 0.389. The van der Waals surface area contributed by atoms with Crippen molar-refractivity contribution in [3.63, 3.8) is 0 Å². The van der Waals surface area contributed by atoms with Gasteiger partial charge in [0.1, 0.15) is 4.21 Å². The molecule has 168 valence electrons. The molecule has 0 saturated heterocycles. The van der Waals surface area contributed by atoms with Crippen LogP contribution in [-0.2, 0) is 29.3 Å². The average Bonchev–Trinajstić information content (AvgIpc) is 3.13. The summed E-state index contributed by atoms with van der Waals surface area (Å²) in [6, 6.07) is 8.29. The summed E-state index contributed by atoms with van der Waals surface area (Å²) in [7, 11) is -0.543. The Morgan fingerprint density at radius 2 is 1.87 bits per heavy atom. The summed E-state index contributed by atoms with van der Waals surface area (Å²) in [6.07, 6.45) is -4.40. The number of aliphatic imine (C=N–C) groups is 1. The van der Waals surface area contributed by atoms with Gasteiger partial charge in [-0.1, -0.05) is 12.1 Å². The van der Waals surface area contributed by atoms with Crippen molar-refractivity contribution in [3.8, 4) is 0 Å². The number of thiophene rings is 1. The van der Waals surface area contributed by atoms with E-state index >= 15 is 0 Å². The molecular formula is C18H24F3IN4O2S2. The smallest absolute Gasteiger partial charge is 0.357 e. The number of nitrogens with one attached hydrogen (secondary N) is 2. The van der Waals surface area contributed by atoms with Gasteiger partial charge in [0.25, 0.3) is 10.0 Å². The van der Waals surface area contributed by atoms with Gasteiger partial charge in [0.05, 0.1) is 18.7 Å². The lowest BCUT2D eigenvalue weighted by Crippen LogP contribution is -2.36. The molecule has 0 saturated carbocycles. The van der Waals surface area contributed by atoms with E-state index in [4.69, 9.17) is 0 Å². The van der Waals surface area contributed by atoms with Gasteiger partial charge >= 0.3 is 6.18 Å². The molecule has 0 bridgehead atoms. The molecule has 2 rings (SSSR count). The number of hydrogen-bond donors (Lipinski definition) is 2. The van der Waals surface area contributed by atoms with Gasteiger partial charge in [0, 0.05) is 25.5 Å². The van der Waals surface area contributed by atoms with Crippen molar-refractivity contribution in [2.75, 3.05) is 20.6 Å². The molecular weight excluding hydrogens is 552 g/mol. The third kappa shape index (κ3) is 7.39. The molecule has 0 radical (unpaired) electrons. The Balaban J connectivity index is 0.00000450. The van der Waals surface area contributed by atoms with Crippen molar-refractivity contribution in [2.24, 2.45) is 4.99 Å². The van der Waals surface area contributed by atoms with Crippen molar-refractivity contribution >= 4 is 51.3 Å². The van der Waals surface area contributed by atoms with Crippen LogP contribution >= 0.6 is 35.3 Å². The minimum Gasteiger partial charge on any atom is -0.357 e. The fourth-order valence-corrected chi connectivity index (χ4v) is 4.77. The third-order valence-electron chi connectivity index (χ3n) is 3.82. The Morgan fingerprint density at radius 3 is 2.47 bits per heavy atom. The predicted octanol–water partition coefficient (Wildman–Crippen LogP) is 3.89. The summed E-state index contributed by atoms with van der Waals surface area (Å²) in [6.45, 7) is 2.85. The summed E-state index contributed by atoms with van der Waals surface area (Å²) >= 11 is 1.15. The Kier molecular flexibility index (Phi) is 10.0. The summed E-state index contributed by atoms with van der Waals surface area (Å²) in [5, 5.41) is 6.08. The van der Waals surface area contributed by atoms with E-state index in [2.05, 4.69) is 15.6 Å². The minimum absolute atomic E-state index is 0. The first kappa shape index (κ1) is 26.7. The van der Waals surface area contributed by atoms with E-state index in [1.54, 1.807) is 18.2 Å². The summed E-state index contributed by atoms with van der Waals surface area (Å²) in [5.74, 6) is 0.426. The molecule has 12 heteroatoms. The molecule has 0 aliphatic heterocycles. The van der Waals surface area contributed by atoms with E-state index in [9.17, 15) is 21.6 Å². The van der Waals surface area contributed by atoms with E-state index in [0.29, 0.717) is 24.6 Å². The minimum atomic E-state index is -4.40. The highest BCUT2D eigenvalue weighted by molar-refractivity contribution is 14.0. The lowest BCUT2D eigenvalue weighted by Gasteiger charge is -2.11. The molecule has 1 aromatic heterocycles. The quantitative estimate of drug-likeness (QED) is 0.298. The van der Waals surface area contributed by atoms with Gasteiger partial charge in [-0.2, -0.15) is 13.2 Å². The van der Waals surface area contributed by atoms with Gasteiger partial charge in [-0.25, -0.2) is 17.7 Å². The van der Waals surface area contributed by atoms with Crippen LogP contribution in [-0.4, -0.2) is 39.3 Å². The second-order valence-electron chi connectivity index (χ2n) is 6.26. The standard InChI is InChI=1S/C18H23F3N4O2S2.HI/c1-4-22-17(23-11-13-6-5-7-14(10-13)18(19,20)21)24-12-15-8-9-16(28-15)29(26,27)25(2)3;/h5-10H,4,11-12H2,1-3H3,(H2,22,23,24);1H. The van der Waals surface area contributed by atoms with Crippen LogP contribution in [0.5, 0.6) is 0 Å². The van der Waals surface area contributed by atoms with Crippen LogP contribution < -0.4 is 10.6 Å². The number of nitrogens with zero attached hydrogens (tertiary/aromatic N) is 2. The first-order valence-electron chi connectivity index (χ1n) is 8.73. The van der Waals surface area contributed by atoms with Gasteiger partial charge < -0.3 is 10.6 Å². The zero-order valence-corrected chi connectivity index (χ0v) is 20.6. The zero-order chi connectivity index (χ0) is 21.7. The molecule has 1 heterocycles. The number of sulfonamides is 1. The maximum Gasteiger partial charge on any atom is 0.416 e. The number of rotatable bonds is 7. The molecule has 30 heavy (non-hydrogen) atoms. The van der Waals surface area contributed by atoms with Crippen LogP contribution in [0.25, 0.3) is 0 Å². The van der Waals surface area contributed by atoms with Crippen LogP contribution in [0.15, 0.2) is 45.6 Å². The molecule has 0 atom stereocenters. The van der Waals surface area contributed by atoms with E-state index in [0.717, 1.165) is 32.7 Å². The maximum atomic E-state index is 12.8. The molecule has 0 amide bonds. The Hall–Kier alpha value is -1.38. The lowest BCUT2D eigenvalue weighted by molar-refractivity contribution is -0.137. The van der Waals surface area contributed by atoms with Gasteiger partial charge in [0.15, 0.2) is 5.96 Å². The molecule has 1 aromatic carbocycles. The van der Waals surface area contributed by atoms with Crippen LogP contribution in [0, 0.1) is 0 Å². The van der Waals surface area contributed by atoms with E-state index in [-0.39, 0.29) is 34.7 Å². The third-order valence-corrected chi connectivity index (χ3v) is 7.19. The first-order chi connectivity index (χ1) is 13.5. The summed E-state index contributed by atoms with van der Waals surface area (Å²) in [4.78, 5) is 5.10. The van der Waals surface area contributed by atoms with Gasteiger partial charge in [-0.05, 0) is 36.8 Å². The number of alkyl halides is 3. The second-order valence-corrected chi connectivity index (χ2v) is 9.80. The van der Waals surface area contributed by atoms with Crippen LogP contribution in [0.3, 0.4) is 0 Å². The number of hydrogen-bond acceptors (Lipinski definition) is 4. The molecule has 6 nitrogen and oxygen atoms in total. The van der Waals surface area contributed by atoms with E-state index < -0.39 is 21.8 Å². The fourth-order valence-electron chi connectivity index (χ4n) is 2.30. The maximum absolute atomic E-state index is 12.8. The highest BCUT2D eigenvalue weighted by atomic mass is 127. The van der Waals surface area contributed by atoms with Gasteiger partial charge in [-0.15, -0.1) is 35.3 Å². The number of guanidine groups is 1. The SMILES string of the molecule is CCNC(=NCc1cccc(C(F)(F)F)c1)NCc1ccc(S(=O)(=O)N(C)C)s1.I. The van der Waals surface area contributed by atoms with Crippen molar-refractivity contribution in [1.82, 2.24) is 14.9 Å². The molecule has 0 spiro atoms. The monoisotopic (exact) mass is 576 g/mol. The van der Waals surface area contributed by atoms with Gasteiger partial charge in [0.2, 0.25) is 0 Å². The molecule has 0 aliphatic rings. The number of halogens is 4. The first-order valence-corrected chi connectivity index (χ1v) is 11.0. The largest absolute Gasteiger partial charge is 0.416 e. The van der Waals surface area contributed by atoms with Crippen molar-refractivity contribution in [3.05, 3.63) is 52.4 Å². The van der Waals surface area contributed by atoms with Crippen molar-refractivity contribution in [2.45, 2.75) is 30.4 Å². The summed E-state index contributed by atoms with van der Waals surface area (Å²) in [5.41, 5.74) is -0.274. The molecule has 0 fully saturated rings. The van der Waals surface area contributed by atoms with Crippen molar-refractivity contribution in [1.29, 1.82) is 0 Å². The Labute approximate surface area is 195 Å².